The largest absolute Gasteiger partial charge is 0.369 e. The molecule has 0 bridgehead atoms. The Morgan fingerprint density at radius 3 is 3.00 bits per heavy atom. The van der Waals surface area contributed by atoms with E-state index < -0.39 is 0 Å². The number of hydrogen-bond donors (Lipinski definition) is 1. The number of carbonyl (C=O) groups excluding carboxylic acids is 1. The fourth-order valence-electron chi connectivity index (χ4n) is 2.04. The van der Waals surface area contributed by atoms with Crippen molar-refractivity contribution in [3.8, 4) is 0 Å². The third-order valence-corrected chi connectivity index (χ3v) is 2.93. The van der Waals surface area contributed by atoms with Crippen molar-refractivity contribution in [1.82, 2.24) is 4.90 Å². The predicted molar refractivity (Wildman–Crippen MR) is 59.4 cm³/mol. The quantitative estimate of drug-likeness (QED) is 0.746. The van der Waals surface area contributed by atoms with Crippen LogP contribution in [0.3, 0.4) is 0 Å². The van der Waals surface area contributed by atoms with Crippen LogP contribution in [0.4, 0.5) is 0 Å². The van der Waals surface area contributed by atoms with Gasteiger partial charge in [-0.1, -0.05) is 0 Å². The highest BCUT2D eigenvalue weighted by molar-refractivity contribution is 5.80. The summed E-state index contributed by atoms with van der Waals surface area (Å²) in [6, 6.07) is 0. The summed E-state index contributed by atoms with van der Waals surface area (Å²) < 4.78 is 5.30. The molecule has 1 aliphatic rings. The van der Waals surface area contributed by atoms with E-state index in [1.54, 1.807) is 0 Å². The maximum absolute atomic E-state index is 11.9. The van der Waals surface area contributed by atoms with Crippen LogP contribution >= 0.6 is 0 Å². The summed E-state index contributed by atoms with van der Waals surface area (Å²) in [6.45, 7) is 6.63. The Morgan fingerprint density at radius 1 is 1.67 bits per heavy atom. The second-order valence-electron chi connectivity index (χ2n) is 4.13. The zero-order valence-electron chi connectivity index (χ0n) is 9.74. The van der Waals surface area contributed by atoms with Crippen molar-refractivity contribution in [3.63, 3.8) is 0 Å². The maximum Gasteiger partial charge on any atom is 0.251 e. The molecule has 1 heterocycles. The van der Waals surface area contributed by atoms with Gasteiger partial charge < -0.3 is 15.4 Å². The van der Waals surface area contributed by atoms with Crippen LogP contribution in [-0.4, -0.2) is 43.2 Å². The minimum atomic E-state index is -0.313. The second kappa shape index (κ2) is 6.08. The van der Waals surface area contributed by atoms with Gasteiger partial charge in [0.1, 0.15) is 6.10 Å². The van der Waals surface area contributed by atoms with Crippen LogP contribution in [0, 0.1) is 5.92 Å². The molecule has 1 rings (SSSR count). The van der Waals surface area contributed by atoms with Crippen molar-refractivity contribution >= 4 is 5.91 Å². The van der Waals surface area contributed by atoms with Gasteiger partial charge in [-0.2, -0.15) is 0 Å². The SMILES string of the molecule is CCOC(C)C(=O)N1CCCC(CN)C1. The molecule has 2 unspecified atom stereocenters. The normalized spacial score (nSPS) is 23.9. The average molecular weight is 214 g/mol. The minimum Gasteiger partial charge on any atom is -0.369 e. The molecule has 88 valence electrons. The molecule has 15 heavy (non-hydrogen) atoms. The Balaban J connectivity index is 2.44. The molecule has 4 nitrogen and oxygen atoms in total. The monoisotopic (exact) mass is 214 g/mol. The molecule has 0 saturated carbocycles. The number of amides is 1. The zero-order valence-corrected chi connectivity index (χ0v) is 9.74. The minimum absolute atomic E-state index is 0.106. The maximum atomic E-state index is 11.9. The van der Waals surface area contributed by atoms with Crippen molar-refractivity contribution in [2.75, 3.05) is 26.2 Å². The highest BCUT2D eigenvalue weighted by Gasteiger charge is 2.26. The third-order valence-electron chi connectivity index (χ3n) is 2.93. The summed E-state index contributed by atoms with van der Waals surface area (Å²) in [5.74, 6) is 0.575. The summed E-state index contributed by atoms with van der Waals surface area (Å²) in [4.78, 5) is 13.8. The van der Waals surface area contributed by atoms with E-state index in [1.165, 1.54) is 0 Å². The molecule has 0 aromatic rings. The number of carbonyl (C=O) groups is 1. The molecule has 4 heteroatoms. The third kappa shape index (κ3) is 3.47. The van der Waals surface area contributed by atoms with E-state index in [0.29, 0.717) is 19.1 Å². The highest BCUT2D eigenvalue weighted by atomic mass is 16.5. The molecule has 0 spiro atoms. The molecule has 2 N–H and O–H groups in total. The number of rotatable bonds is 4. The molecular formula is C11H22N2O2. The molecule has 1 saturated heterocycles. The molecule has 1 fully saturated rings. The molecule has 1 aliphatic heterocycles. The summed E-state index contributed by atoms with van der Waals surface area (Å²) in [7, 11) is 0. The van der Waals surface area contributed by atoms with Gasteiger partial charge in [0.05, 0.1) is 0 Å². The first-order chi connectivity index (χ1) is 7.19. The van der Waals surface area contributed by atoms with Gasteiger partial charge in [0.2, 0.25) is 0 Å². The van der Waals surface area contributed by atoms with Crippen LogP contribution in [0.25, 0.3) is 0 Å². The zero-order chi connectivity index (χ0) is 11.3. The smallest absolute Gasteiger partial charge is 0.251 e. The molecular weight excluding hydrogens is 192 g/mol. The molecule has 0 aliphatic carbocycles. The van der Waals surface area contributed by atoms with Crippen LogP contribution in [0.5, 0.6) is 0 Å². The lowest BCUT2D eigenvalue weighted by atomic mass is 9.98. The van der Waals surface area contributed by atoms with Crippen molar-refractivity contribution in [2.45, 2.75) is 32.8 Å². The standard InChI is InChI=1S/C11H22N2O2/c1-3-15-9(2)11(14)13-6-4-5-10(7-12)8-13/h9-10H,3-8,12H2,1-2H3. The van der Waals surface area contributed by atoms with Gasteiger partial charge in [0, 0.05) is 19.7 Å². The van der Waals surface area contributed by atoms with E-state index in [-0.39, 0.29) is 12.0 Å². The summed E-state index contributed by atoms with van der Waals surface area (Å²) in [6.07, 6.45) is 1.89. The van der Waals surface area contributed by atoms with Gasteiger partial charge >= 0.3 is 0 Å². The number of ether oxygens (including phenoxy) is 1. The number of nitrogens with zero attached hydrogens (tertiary/aromatic N) is 1. The Kier molecular flexibility index (Phi) is 5.05. The summed E-state index contributed by atoms with van der Waals surface area (Å²) >= 11 is 0. The molecule has 2 atom stereocenters. The van der Waals surface area contributed by atoms with E-state index >= 15 is 0 Å². The van der Waals surface area contributed by atoms with Gasteiger partial charge in [-0.05, 0) is 39.2 Å². The van der Waals surface area contributed by atoms with E-state index in [1.807, 2.05) is 18.7 Å². The Labute approximate surface area is 91.8 Å². The van der Waals surface area contributed by atoms with Crippen LogP contribution in [-0.2, 0) is 9.53 Å². The van der Waals surface area contributed by atoms with E-state index in [4.69, 9.17) is 10.5 Å². The first-order valence-electron chi connectivity index (χ1n) is 5.79. The topological polar surface area (TPSA) is 55.6 Å². The Hall–Kier alpha value is -0.610. The first-order valence-corrected chi connectivity index (χ1v) is 5.79. The lowest BCUT2D eigenvalue weighted by molar-refractivity contribution is -0.144. The van der Waals surface area contributed by atoms with Gasteiger partial charge in [0.15, 0.2) is 0 Å². The number of nitrogens with two attached hydrogens (primary N) is 1. The van der Waals surface area contributed by atoms with Crippen molar-refractivity contribution in [2.24, 2.45) is 11.7 Å². The lowest BCUT2D eigenvalue weighted by Gasteiger charge is -2.33. The van der Waals surface area contributed by atoms with Crippen LogP contribution in [0.15, 0.2) is 0 Å². The predicted octanol–water partition coefficient (Wildman–Crippen LogP) is 0.609. The van der Waals surface area contributed by atoms with Crippen LogP contribution in [0.2, 0.25) is 0 Å². The molecule has 0 radical (unpaired) electrons. The molecule has 0 aromatic carbocycles. The highest BCUT2D eigenvalue weighted by Crippen LogP contribution is 2.16. The van der Waals surface area contributed by atoms with Crippen LogP contribution in [0.1, 0.15) is 26.7 Å². The average Bonchev–Trinajstić information content (AvgIpc) is 2.28. The summed E-state index contributed by atoms with van der Waals surface area (Å²) in [5, 5.41) is 0. The number of likely N-dealkylation sites (tertiary alicyclic amines) is 1. The van der Waals surface area contributed by atoms with Crippen LogP contribution < -0.4 is 5.73 Å². The fraction of sp³-hybridized carbons (Fsp3) is 0.909. The van der Waals surface area contributed by atoms with E-state index in [9.17, 15) is 4.79 Å². The second-order valence-corrected chi connectivity index (χ2v) is 4.13. The fourth-order valence-corrected chi connectivity index (χ4v) is 2.04. The van der Waals surface area contributed by atoms with Crippen molar-refractivity contribution < 1.29 is 9.53 Å². The van der Waals surface area contributed by atoms with Gasteiger partial charge in [-0.25, -0.2) is 0 Å². The van der Waals surface area contributed by atoms with Crippen molar-refractivity contribution in [3.05, 3.63) is 0 Å². The lowest BCUT2D eigenvalue weighted by Crippen LogP contribution is -2.46. The van der Waals surface area contributed by atoms with E-state index in [2.05, 4.69) is 0 Å². The molecule has 1 amide bonds. The summed E-state index contributed by atoms with van der Waals surface area (Å²) in [5.41, 5.74) is 5.63. The van der Waals surface area contributed by atoms with Gasteiger partial charge in [-0.3, -0.25) is 4.79 Å². The van der Waals surface area contributed by atoms with Gasteiger partial charge in [0.25, 0.3) is 5.91 Å². The molecule has 0 aromatic heterocycles. The van der Waals surface area contributed by atoms with Crippen molar-refractivity contribution in [1.29, 1.82) is 0 Å². The van der Waals surface area contributed by atoms with Gasteiger partial charge in [-0.15, -0.1) is 0 Å². The van der Waals surface area contributed by atoms with E-state index in [0.717, 1.165) is 25.9 Å². The number of piperidine rings is 1. The Bertz CT molecular complexity index is 209. The number of hydrogen-bond acceptors (Lipinski definition) is 3. The first kappa shape index (κ1) is 12.5. The Morgan fingerprint density at radius 2 is 2.40 bits per heavy atom.